The zero-order valence-electron chi connectivity index (χ0n) is 8.99. The van der Waals surface area contributed by atoms with Crippen LogP contribution in [0.5, 0.6) is 0 Å². The lowest BCUT2D eigenvalue weighted by molar-refractivity contribution is -0.327. The average molecular weight is 202 g/mol. The number of ether oxygens (including phenoxy) is 4. The van der Waals surface area contributed by atoms with Gasteiger partial charge in [-0.3, -0.25) is 0 Å². The number of hydrogen-bond donors (Lipinski definition) is 0. The Hall–Kier alpha value is -0.160. The maximum absolute atomic E-state index is 5.78. The van der Waals surface area contributed by atoms with Crippen LogP contribution in [0.3, 0.4) is 0 Å². The molecule has 0 amide bonds. The lowest BCUT2D eigenvalue weighted by atomic mass is 10.0. The van der Waals surface area contributed by atoms with Crippen molar-refractivity contribution in [2.45, 2.75) is 44.4 Å². The Morgan fingerprint density at radius 1 is 1.21 bits per heavy atom. The first-order valence-electron chi connectivity index (χ1n) is 5.07. The molecule has 82 valence electrons. The first-order chi connectivity index (χ1) is 6.61. The summed E-state index contributed by atoms with van der Waals surface area (Å²) in [5, 5.41) is 0. The van der Waals surface area contributed by atoms with Gasteiger partial charge in [-0.05, 0) is 13.8 Å². The molecule has 0 saturated carbocycles. The molecular formula is C10H18O4. The van der Waals surface area contributed by atoms with Crippen molar-refractivity contribution in [3.63, 3.8) is 0 Å². The largest absolute Gasteiger partial charge is 0.379 e. The average Bonchev–Trinajstić information content (AvgIpc) is 2.15. The highest BCUT2D eigenvalue weighted by Gasteiger charge is 2.41. The minimum absolute atomic E-state index is 0.0782. The van der Waals surface area contributed by atoms with Gasteiger partial charge >= 0.3 is 0 Å². The molecule has 4 nitrogen and oxygen atoms in total. The predicted octanol–water partition coefficient (Wildman–Crippen LogP) is 0.942. The second kappa shape index (κ2) is 3.77. The molecule has 0 bridgehead atoms. The van der Waals surface area contributed by atoms with E-state index in [4.69, 9.17) is 18.9 Å². The smallest absolute Gasteiger partial charge is 0.163 e. The van der Waals surface area contributed by atoms with E-state index in [1.165, 1.54) is 0 Å². The van der Waals surface area contributed by atoms with Crippen LogP contribution in [0.4, 0.5) is 0 Å². The lowest BCUT2D eigenvalue weighted by Crippen LogP contribution is -2.54. The Morgan fingerprint density at radius 2 is 2.00 bits per heavy atom. The normalized spacial score (nSPS) is 41.8. The van der Waals surface area contributed by atoms with E-state index in [9.17, 15) is 0 Å². The molecule has 2 heterocycles. The van der Waals surface area contributed by atoms with E-state index in [1.54, 1.807) is 7.11 Å². The summed E-state index contributed by atoms with van der Waals surface area (Å²) in [6, 6.07) is 0. The third-order valence-electron chi connectivity index (χ3n) is 2.77. The Bertz CT molecular complexity index is 204. The summed E-state index contributed by atoms with van der Waals surface area (Å²) in [6.07, 6.45) is 1.24. The Labute approximate surface area is 84.5 Å². The molecule has 0 N–H and O–H groups in total. The third kappa shape index (κ3) is 2.08. The zero-order valence-corrected chi connectivity index (χ0v) is 8.99. The summed E-state index contributed by atoms with van der Waals surface area (Å²) in [5.74, 6) is -0.486. The van der Waals surface area contributed by atoms with Gasteiger partial charge < -0.3 is 18.9 Å². The van der Waals surface area contributed by atoms with Crippen molar-refractivity contribution in [2.24, 2.45) is 0 Å². The molecule has 3 atom stereocenters. The van der Waals surface area contributed by atoms with Gasteiger partial charge in [0, 0.05) is 13.5 Å². The van der Waals surface area contributed by atoms with Crippen molar-refractivity contribution in [1.29, 1.82) is 0 Å². The molecule has 0 aromatic rings. The number of methoxy groups -OCH3 is 1. The number of hydrogen-bond acceptors (Lipinski definition) is 4. The molecule has 2 saturated heterocycles. The monoisotopic (exact) mass is 202 g/mol. The predicted molar refractivity (Wildman–Crippen MR) is 50.1 cm³/mol. The molecule has 0 aromatic heterocycles. The van der Waals surface area contributed by atoms with Gasteiger partial charge in [-0.1, -0.05) is 0 Å². The Balaban J connectivity index is 1.97. The standard InChI is InChI=1S/C10H18O4/c1-10(2)13-6-9-8(14-10)4-7(11-3)5-12-9/h7-9H,4-6H2,1-3H3. The second-order valence-corrected chi connectivity index (χ2v) is 4.33. The zero-order chi connectivity index (χ0) is 10.2. The van der Waals surface area contributed by atoms with Gasteiger partial charge in [0.1, 0.15) is 6.10 Å². The summed E-state index contributed by atoms with van der Waals surface area (Å²) >= 11 is 0. The van der Waals surface area contributed by atoms with Crippen molar-refractivity contribution < 1.29 is 18.9 Å². The van der Waals surface area contributed by atoms with Crippen LogP contribution in [0, 0.1) is 0 Å². The van der Waals surface area contributed by atoms with Crippen LogP contribution in [0.2, 0.25) is 0 Å². The first-order valence-corrected chi connectivity index (χ1v) is 5.07. The van der Waals surface area contributed by atoms with Crippen molar-refractivity contribution in [3.8, 4) is 0 Å². The van der Waals surface area contributed by atoms with E-state index in [1.807, 2.05) is 13.8 Å². The topological polar surface area (TPSA) is 36.9 Å². The molecule has 2 aliphatic heterocycles. The van der Waals surface area contributed by atoms with Gasteiger partial charge in [0.2, 0.25) is 0 Å². The quantitative estimate of drug-likeness (QED) is 0.634. The minimum Gasteiger partial charge on any atom is -0.379 e. The highest BCUT2D eigenvalue weighted by molar-refractivity contribution is 4.84. The summed E-state index contributed by atoms with van der Waals surface area (Å²) in [4.78, 5) is 0. The fourth-order valence-corrected chi connectivity index (χ4v) is 1.94. The summed E-state index contributed by atoms with van der Waals surface area (Å²) in [7, 11) is 1.71. The highest BCUT2D eigenvalue weighted by Crippen LogP contribution is 2.30. The molecule has 0 spiro atoms. The fraction of sp³-hybridized carbons (Fsp3) is 1.00. The van der Waals surface area contributed by atoms with Gasteiger partial charge in [-0.15, -0.1) is 0 Å². The summed E-state index contributed by atoms with van der Waals surface area (Å²) in [6.45, 7) is 5.12. The molecule has 14 heavy (non-hydrogen) atoms. The molecule has 4 heteroatoms. The lowest BCUT2D eigenvalue weighted by Gasteiger charge is -2.44. The molecule has 0 aliphatic carbocycles. The Morgan fingerprint density at radius 3 is 2.71 bits per heavy atom. The number of fused-ring (bicyclic) bond motifs is 1. The highest BCUT2D eigenvalue weighted by atomic mass is 16.7. The van der Waals surface area contributed by atoms with E-state index in [2.05, 4.69) is 0 Å². The molecule has 0 aromatic carbocycles. The molecule has 2 aliphatic rings. The second-order valence-electron chi connectivity index (χ2n) is 4.33. The molecule has 3 unspecified atom stereocenters. The number of rotatable bonds is 1. The van der Waals surface area contributed by atoms with Gasteiger partial charge in [0.05, 0.1) is 25.4 Å². The van der Waals surface area contributed by atoms with Crippen molar-refractivity contribution >= 4 is 0 Å². The maximum Gasteiger partial charge on any atom is 0.163 e. The molecule has 0 radical (unpaired) electrons. The molecular weight excluding hydrogens is 184 g/mol. The van der Waals surface area contributed by atoms with Crippen LogP contribution in [-0.2, 0) is 18.9 Å². The van der Waals surface area contributed by atoms with Crippen molar-refractivity contribution in [2.75, 3.05) is 20.3 Å². The maximum atomic E-state index is 5.78. The third-order valence-corrected chi connectivity index (χ3v) is 2.77. The van der Waals surface area contributed by atoms with Gasteiger partial charge in [-0.2, -0.15) is 0 Å². The SMILES string of the molecule is COC1COC2COC(C)(C)OC2C1. The van der Waals surface area contributed by atoms with Gasteiger partial charge in [0.25, 0.3) is 0 Å². The van der Waals surface area contributed by atoms with E-state index in [0.29, 0.717) is 13.2 Å². The van der Waals surface area contributed by atoms with E-state index in [-0.39, 0.29) is 18.3 Å². The first kappa shape index (κ1) is 10.4. The molecule has 2 fully saturated rings. The van der Waals surface area contributed by atoms with Gasteiger partial charge in [0.15, 0.2) is 5.79 Å². The fourth-order valence-electron chi connectivity index (χ4n) is 1.94. The van der Waals surface area contributed by atoms with E-state index in [0.717, 1.165) is 6.42 Å². The van der Waals surface area contributed by atoms with Crippen LogP contribution in [0.1, 0.15) is 20.3 Å². The van der Waals surface area contributed by atoms with E-state index >= 15 is 0 Å². The van der Waals surface area contributed by atoms with Crippen LogP contribution in [-0.4, -0.2) is 44.4 Å². The minimum atomic E-state index is -0.486. The van der Waals surface area contributed by atoms with Crippen LogP contribution < -0.4 is 0 Å². The van der Waals surface area contributed by atoms with Gasteiger partial charge in [-0.25, -0.2) is 0 Å². The van der Waals surface area contributed by atoms with Crippen LogP contribution in [0.15, 0.2) is 0 Å². The summed E-state index contributed by atoms with van der Waals surface area (Å²) < 4.78 is 22.2. The van der Waals surface area contributed by atoms with E-state index < -0.39 is 5.79 Å². The molecule has 2 rings (SSSR count). The van der Waals surface area contributed by atoms with Crippen LogP contribution >= 0.6 is 0 Å². The van der Waals surface area contributed by atoms with Crippen molar-refractivity contribution in [1.82, 2.24) is 0 Å². The van der Waals surface area contributed by atoms with Crippen LogP contribution in [0.25, 0.3) is 0 Å². The summed E-state index contributed by atoms with van der Waals surface area (Å²) in [5.41, 5.74) is 0. The van der Waals surface area contributed by atoms with Crippen molar-refractivity contribution in [3.05, 3.63) is 0 Å². The Kier molecular flexibility index (Phi) is 2.79.